The second kappa shape index (κ2) is 4.07. The molecule has 0 atom stereocenters. The SMILES string of the molecule is O=[N+]([O-])c1cnc(I)c(C(F)F)c1F. The second-order valence-corrected chi connectivity index (χ2v) is 3.24. The maximum absolute atomic E-state index is 13.1. The van der Waals surface area contributed by atoms with Crippen molar-refractivity contribution in [2.24, 2.45) is 0 Å². The Labute approximate surface area is 89.4 Å². The van der Waals surface area contributed by atoms with Gasteiger partial charge in [-0.3, -0.25) is 10.1 Å². The molecule has 0 aromatic carbocycles. The average molecular weight is 318 g/mol. The van der Waals surface area contributed by atoms with Crippen LogP contribution in [-0.2, 0) is 0 Å². The van der Waals surface area contributed by atoms with Crippen molar-refractivity contribution in [3.05, 3.63) is 31.4 Å². The molecule has 4 nitrogen and oxygen atoms in total. The van der Waals surface area contributed by atoms with Crippen molar-refractivity contribution in [1.82, 2.24) is 4.98 Å². The molecule has 0 unspecified atom stereocenters. The zero-order valence-electron chi connectivity index (χ0n) is 6.38. The zero-order chi connectivity index (χ0) is 10.9. The largest absolute Gasteiger partial charge is 0.323 e. The lowest BCUT2D eigenvalue weighted by Crippen LogP contribution is -2.03. The van der Waals surface area contributed by atoms with E-state index in [0.29, 0.717) is 6.20 Å². The number of halogens is 4. The summed E-state index contributed by atoms with van der Waals surface area (Å²) < 4.78 is 37.2. The molecular weight excluding hydrogens is 316 g/mol. The first-order valence-electron chi connectivity index (χ1n) is 3.21. The summed E-state index contributed by atoms with van der Waals surface area (Å²) in [7, 11) is 0. The van der Waals surface area contributed by atoms with Gasteiger partial charge in [0.25, 0.3) is 6.43 Å². The van der Waals surface area contributed by atoms with Crippen LogP contribution in [0.15, 0.2) is 6.20 Å². The lowest BCUT2D eigenvalue weighted by molar-refractivity contribution is -0.388. The molecule has 0 bridgehead atoms. The third-order valence-corrected chi connectivity index (χ3v) is 2.26. The molecule has 76 valence electrons. The van der Waals surface area contributed by atoms with E-state index in [1.165, 1.54) is 22.6 Å². The first kappa shape index (κ1) is 11.1. The van der Waals surface area contributed by atoms with Crippen molar-refractivity contribution in [1.29, 1.82) is 0 Å². The molecule has 0 fully saturated rings. The van der Waals surface area contributed by atoms with Crippen LogP contribution in [0.4, 0.5) is 18.9 Å². The molecule has 0 N–H and O–H groups in total. The summed E-state index contributed by atoms with van der Waals surface area (Å²) in [5, 5.41) is 10.2. The van der Waals surface area contributed by atoms with E-state index in [0.717, 1.165) is 0 Å². The van der Waals surface area contributed by atoms with Crippen LogP contribution in [0.3, 0.4) is 0 Å². The molecule has 0 saturated heterocycles. The molecule has 1 heterocycles. The fourth-order valence-electron chi connectivity index (χ4n) is 0.786. The normalized spacial score (nSPS) is 10.6. The molecule has 1 rings (SSSR count). The summed E-state index contributed by atoms with van der Waals surface area (Å²) in [6.07, 6.45) is -2.50. The van der Waals surface area contributed by atoms with Gasteiger partial charge in [0.2, 0.25) is 5.82 Å². The van der Waals surface area contributed by atoms with E-state index in [4.69, 9.17) is 0 Å². The molecular formula is C6H2F3IN2O2. The number of rotatable bonds is 2. The van der Waals surface area contributed by atoms with Gasteiger partial charge in [0.1, 0.15) is 9.90 Å². The fraction of sp³-hybridized carbons (Fsp3) is 0.167. The molecule has 1 aromatic heterocycles. The summed E-state index contributed by atoms with van der Waals surface area (Å²) in [5.41, 5.74) is -2.07. The van der Waals surface area contributed by atoms with Crippen LogP contribution < -0.4 is 0 Å². The standard InChI is InChI=1S/C6H2F3IN2O2/c7-4-2(12(13)14)1-11-6(10)3(4)5(8)9/h1,5H. The van der Waals surface area contributed by atoms with Gasteiger partial charge in [-0.05, 0) is 22.6 Å². The summed E-state index contributed by atoms with van der Waals surface area (Å²) in [4.78, 5) is 12.4. The number of pyridine rings is 1. The highest BCUT2D eigenvalue weighted by Gasteiger charge is 2.26. The Kier molecular flexibility index (Phi) is 3.24. The van der Waals surface area contributed by atoms with Gasteiger partial charge in [0.15, 0.2) is 0 Å². The van der Waals surface area contributed by atoms with Crippen LogP contribution in [0.1, 0.15) is 12.0 Å². The van der Waals surface area contributed by atoms with Crippen molar-refractivity contribution in [2.45, 2.75) is 6.43 Å². The fourth-order valence-corrected chi connectivity index (χ4v) is 1.40. The first-order chi connectivity index (χ1) is 6.45. The molecule has 0 spiro atoms. The maximum atomic E-state index is 13.1. The van der Waals surface area contributed by atoms with E-state index < -0.39 is 28.4 Å². The minimum absolute atomic E-state index is 0.277. The Hall–Kier alpha value is -0.930. The van der Waals surface area contributed by atoms with Crippen molar-refractivity contribution in [3.8, 4) is 0 Å². The topological polar surface area (TPSA) is 56.0 Å². The van der Waals surface area contributed by atoms with Crippen LogP contribution in [0.2, 0.25) is 0 Å². The van der Waals surface area contributed by atoms with E-state index in [-0.39, 0.29) is 3.70 Å². The highest BCUT2D eigenvalue weighted by Crippen LogP contribution is 2.30. The molecule has 8 heteroatoms. The van der Waals surface area contributed by atoms with Crippen molar-refractivity contribution in [3.63, 3.8) is 0 Å². The summed E-state index contributed by atoms with van der Waals surface area (Å²) >= 11 is 1.39. The number of alkyl halides is 2. The number of hydrogen-bond acceptors (Lipinski definition) is 3. The predicted molar refractivity (Wildman–Crippen MR) is 48.5 cm³/mol. The molecule has 0 radical (unpaired) electrons. The van der Waals surface area contributed by atoms with Gasteiger partial charge in [0, 0.05) is 0 Å². The van der Waals surface area contributed by atoms with Crippen molar-refractivity contribution < 1.29 is 18.1 Å². The second-order valence-electron chi connectivity index (χ2n) is 2.22. The van der Waals surface area contributed by atoms with Gasteiger partial charge in [-0.2, -0.15) is 4.39 Å². The van der Waals surface area contributed by atoms with Crippen LogP contribution in [0.25, 0.3) is 0 Å². The Morgan fingerprint density at radius 1 is 1.57 bits per heavy atom. The molecule has 14 heavy (non-hydrogen) atoms. The number of hydrogen-bond donors (Lipinski definition) is 0. The van der Waals surface area contributed by atoms with Crippen LogP contribution in [-0.4, -0.2) is 9.91 Å². The minimum atomic E-state index is -3.12. The molecule has 0 saturated carbocycles. The third kappa shape index (κ3) is 1.94. The van der Waals surface area contributed by atoms with Crippen LogP contribution >= 0.6 is 22.6 Å². The summed E-state index contributed by atoms with van der Waals surface area (Å²) in [5.74, 6) is -1.52. The first-order valence-corrected chi connectivity index (χ1v) is 4.29. The highest BCUT2D eigenvalue weighted by atomic mass is 127. The Balaban J connectivity index is 3.41. The van der Waals surface area contributed by atoms with E-state index >= 15 is 0 Å². The number of aromatic nitrogens is 1. The monoisotopic (exact) mass is 318 g/mol. The molecule has 1 aromatic rings. The van der Waals surface area contributed by atoms with Gasteiger partial charge in [-0.15, -0.1) is 0 Å². The molecule has 0 aliphatic rings. The van der Waals surface area contributed by atoms with Gasteiger partial charge >= 0.3 is 5.69 Å². The average Bonchev–Trinajstić information content (AvgIpc) is 2.02. The quantitative estimate of drug-likeness (QED) is 0.365. The van der Waals surface area contributed by atoms with E-state index in [1.807, 2.05) is 0 Å². The lowest BCUT2D eigenvalue weighted by atomic mass is 10.2. The molecule has 0 aliphatic heterocycles. The van der Waals surface area contributed by atoms with Gasteiger partial charge < -0.3 is 0 Å². The predicted octanol–water partition coefficient (Wildman–Crippen LogP) is 2.67. The van der Waals surface area contributed by atoms with Crippen LogP contribution in [0.5, 0.6) is 0 Å². The highest BCUT2D eigenvalue weighted by molar-refractivity contribution is 14.1. The summed E-state index contributed by atoms with van der Waals surface area (Å²) in [6, 6.07) is 0. The minimum Gasteiger partial charge on any atom is -0.258 e. The van der Waals surface area contributed by atoms with E-state index in [2.05, 4.69) is 4.98 Å². The smallest absolute Gasteiger partial charge is 0.258 e. The Morgan fingerprint density at radius 2 is 2.14 bits per heavy atom. The lowest BCUT2D eigenvalue weighted by Gasteiger charge is -2.03. The van der Waals surface area contributed by atoms with Crippen LogP contribution in [0, 0.1) is 19.6 Å². The zero-order valence-corrected chi connectivity index (χ0v) is 8.53. The molecule has 0 amide bonds. The van der Waals surface area contributed by atoms with Gasteiger partial charge in [-0.25, -0.2) is 13.8 Å². The maximum Gasteiger partial charge on any atom is 0.323 e. The third-order valence-electron chi connectivity index (χ3n) is 1.40. The molecule has 0 aliphatic carbocycles. The Bertz CT molecular complexity index is 386. The van der Waals surface area contributed by atoms with E-state index in [9.17, 15) is 23.3 Å². The van der Waals surface area contributed by atoms with Crippen molar-refractivity contribution >= 4 is 28.3 Å². The van der Waals surface area contributed by atoms with Gasteiger partial charge in [0.05, 0.1) is 10.5 Å². The van der Waals surface area contributed by atoms with Gasteiger partial charge in [-0.1, -0.05) is 0 Å². The summed E-state index contributed by atoms with van der Waals surface area (Å²) in [6.45, 7) is 0. The Morgan fingerprint density at radius 3 is 2.57 bits per heavy atom. The number of nitro groups is 1. The van der Waals surface area contributed by atoms with Crippen molar-refractivity contribution in [2.75, 3.05) is 0 Å². The van der Waals surface area contributed by atoms with E-state index in [1.54, 1.807) is 0 Å². The number of nitrogens with zero attached hydrogens (tertiary/aromatic N) is 2.